The third-order valence-corrected chi connectivity index (χ3v) is 22.6. The number of aromatic nitrogens is 10. The van der Waals surface area contributed by atoms with Crippen molar-refractivity contribution in [1.29, 1.82) is 0 Å². The highest BCUT2D eigenvalue weighted by molar-refractivity contribution is 6.01. The van der Waals surface area contributed by atoms with E-state index in [1.807, 2.05) is 198 Å². The average Bonchev–Trinajstić information content (AvgIpc) is 0.833. The van der Waals surface area contributed by atoms with Gasteiger partial charge in [0.25, 0.3) is 23.6 Å². The van der Waals surface area contributed by atoms with Gasteiger partial charge in [0.1, 0.15) is 72.5 Å². The van der Waals surface area contributed by atoms with Crippen molar-refractivity contribution in [1.82, 2.24) is 49.8 Å². The summed E-state index contributed by atoms with van der Waals surface area (Å²) in [5.74, 6) is 10.1. The van der Waals surface area contributed by atoms with E-state index in [4.69, 9.17) is 37.9 Å². The monoisotopic (exact) mass is 1880 g/mol. The molecule has 0 N–H and O–H groups in total. The summed E-state index contributed by atoms with van der Waals surface area (Å²) < 4.78 is 41.9. The van der Waals surface area contributed by atoms with Crippen LogP contribution in [0.2, 0.25) is 0 Å². The van der Waals surface area contributed by atoms with Crippen LogP contribution in [0, 0.1) is 0 Å². The molecule has 0 radical (unpaired) electrons. The van der Waals surface area contributed by atoms with E-state index in [1.54, 1.807) is 52.9 Å². The number of pyridine rings is 4. The summed E-state index contributed by atoms with van der Waals surface area (Å²) in [4.78, 5) is 152. The van der Waals surface area contributed by atoms with Gasteiger partial charge in [0.15, 0.2) is 55.4 Å². The first-order chi connectivity index (χ1) is 64.0. The lowest BCUT2D eigenvalue weighted by atomic mass is 10.0. The summed E-state index contributed by atoms with van der Waals surface area (Å²) in [5.41, 5.74) is 12.4. The molecule has 7 aromatic heterocycles. The molecule has 1 aromatic carbocycles. The Labute approximate surface area is 802 Å². The Hall–Kier alpha value is -12.8. The van der Waals surface area contributed by atoms with E-state index in [2.05, 4.69) is 145 Å². The number of anilines is 8. The summed E-state index contributed by atoms with van der Waals surface area (Å²) >= 11 is 0. The van der Waals surface area contributed by atoms with E-state index in [-0.39, 0.29) is 154 Å². The van der Waals surface area contributed by atoms with Crippen molar-refractivity contribution in [3.63, 3.8) is 0 Å². The van der Waals surface area contributed by atoms with E-state index < -0.39 is 0 Å². The minimum atomic E-state index is -0.345. The number of amides is 8. The number of hydrogen-bond acceptors (Lipinski definition) is 26. The third-order valence-electron chi connectivity index (χ3n) is 22.6. The lowest BCUT2D eigenvalue weighted by Crippen LogP contribution is -2.44. The van der Waals surface area contributed by atoms with Crippen LogP contribution in [0.3, 0.4) is 0 Å². The van der Waals surface area contributed by atoms with Crippen molar-refractivity contribution < 1.29 is 76.3 Å². The maximum absolute atomic E-state index is 11.9. The Morgan fingerprint density at radius 1 is 0.235 bits per heavy atom. The van der Waals surface area contributed by atoms with E-state index >= 15 is 0 Å². The predicted molar refractivity (Wildman–Crippen MR) is 526 cm³/mol. The first-order valence-electron chi connectivity index (χ1n) is 47.4. The third kappa shape index (κ3) is 26.1. The number of carbonyl (C=O) groups excluding carboxylic acids is 8. The molecule has 136 heavy (non-hydrogen) atoms. The lowest BCUT2D eigenvalue weighted by molar-refractivity contribution is -0.122. The van der Waals surface area contributed by atoms with Crippen molar-refractivity contribution in [3.05, 3.63) is 154 Å². The number of carbonyl (C=O) groups is 8. The van der Waals surface area contributed by atoms with Crippen LogP contribution in [0.1, 0.15) is 337 Å². The molecule has 8 amide bonds. The molecule has 8 aliphatic heterocycles. The summed E-state index contributed by atoms with van der Waals surface area (Å²) in [7, 11) is 0. The molecule has 0 saturated heterocycles. The maximum atomic E-state index is 11.9. The second kappa shape index (κ2) is 47.1. The maximum Gasteiger partial charge on any atom is 0.416 e. The van der Waals surface area contributed by atoms with Gasteiger partial charge in [-0.15, -0.1) is 0 Å². The average molecular weight is 1880 g/mol. The molecule has 8 aromatic rings. The minimum absolute atomic E-state index is 0.00444. The smallest absolute Gasteiger partial charge is 0.416 e. The quantitative estimate of drug-likeness (QED) is 0.0811. The van der Waals surface area contributed by atoms with Crippen LogP contribution in [-0.2, 0) is 64.6 Å². The first kappa shape index (κ1) is 107. The Kier molecular flexibility index (Phi) is 37.0. The molecule has 34 heteroatoms. The van der Waals surface area contributed by atoms with Crippen molar-refractivity contribution >= 4 is 94.2 Å². The number of hydrogen-bond donors (Lipinski definition) is 0. The number of fused-ring (bicyclic) bond motifs is 8. The highest BCUT2D eigenvalue weighted by Crippen LogP contribution is 2.41. The zero-order valence-corrected chi connectivity index (χ0v) is 85.6. The summed E-state index contributed by atoms with van der Waals surface area (Å²) in [6.45, 7) is 66.3. The SMILES string of the molecule is CC(C)c1ccc2c(c1)N(C(C)C)C(=O)CO2.CC(C)c1ccc2c(n1)N(C(C)C)C(=O)CO2.CC(C)c1ccc2c(n1)N(C(C)C)C(=O)OC2.CC(C)c1cnc2c(c1)N(C(C)C)C(=O)CO2.CC(C)c1cnc2c(c1)N(C(C)C)C(=O)OC2.CC(C)c1cnc2c(n1)N(C(C)C)C(=O)OC2.CC(C)c1ncc2c(n1)N(C(C)C)C(=O)CO2.CC(C)c1ncc2c(n1)N(C(C)C)C(=O)OC2. The number of benzene rings is 1. The number of nitrogens with zero attached hydrogens (tertiary/aromatic N) is 18. The van der Waals surface area contributed by atoms with Crippen LogP contribution in [-0.4, -0.2) is 173 Å². The molecule has 0 spiro atoms. The van der Waals surface area contributed by atoms with Crippen molar-refractivity contribution in [2.75, 3.05) is 65.6 Å². The van der Waals surface area contributed by atoms with Gasteiger partial charge in [0, 0.05) is 102 Å². The second-order valence-corrected chi connectivity index (χ2v) is 38.8. The molecular formula is C102H142N18O16. The van der Waals surface area contributed by atoms with Gasteiger partial charge < -0.3 is 47.7 Å². The van der Waals surface area contributed by atoms with E-state index in [0.717, 1.165) is 91.0 Å². The van der Waals surface area contributed by atoms with Crippen molar-refractivity contribution in [3.8, 4) is 23.1 Å². The highest BCUT2D eigenvalue weighted by atomic mass is 16.6. The van der Waals surface area contributed by atoms with E-state index in [0.29, 0.717) is 82.8 Å². The van der Waals surface area contributed by atoms with Crippen LogP contribution in [0.4, 0.5) is 65.3 Å². The first-order valence-corrected chi connectivity index (χ1v) is 47.4. The van der Waals surface area contributed by atoms with Gasteiger partial charge in [-0.2, -0.15) is 0 Å². The van der Waals surface area contributed by atoms with Crippen LogP contribution in [0.15, 0.2) is 85.6 Å². The Morgan fingerprint density at radius 3 is 1.09 bits per heavy atom. The normalized spacial score (nSPS) is 15.2. The molecular weight excluding hydrogens is 1730 g/mol. The molecule has 736 valence electrons. The van der Waals surface area contributed by atoms with Gasteiger partial charge in [0.2, 0.25) is 5.88 Å². The zero-order chi connectivity index (χ0) is 101. The minimum Gasteiger partial charge on any atom is -0.482 e. The van der Waals surface area contributed by atoms with Crippen LogP contribution in [0.25, 0.3) is 0 Å². The molecule has 0 bridgehead atoms. The highest BCUT2D eigenvalue weighted by Gasteiger charge is 2.38. The summed E-state index contributed by atoms with van der Waals surface area (Å²) in [5, 5.41) is 0. The van der Waals surface area contributed by atoms with Gasteiger partial charge in [0.05, 0.1) is 28.8 Å². The van der Waals surface area contributed by atoms with Crippen LogP contribution >= 0.6 is 0 Å². The van der Waals surface area contributed by atoms with Gasteiger partial charge in [-0.1, -0.05) is 123 Å². The fourth-order valence-corrected chi connectivity index (χ4v) is 15.1. The predicted octanol–water partition coefficient (Wildman–Crippen LogP) is 20.4. The largest absolute Gasteiger partial charge is 0.482 e. The number of ether oxygens (including phenoxy) is 8. The van der Waals surface area contributed by atoms with Crippen molar-refractivity contribution in [2.45, 2.75) is 344 Å². The van der Waals surface area contributed by atoms with Crippen LogP contribution < -0.4 is 58.1 Å². The molecule has 0 aliphatic carbocycles. The molecule has 0 atom stereocenters. The topological polar surface area (TPSA) is 365 Å². The Balaban J connectivity index is 0.000000174. The fraction of sp³-hybridized carbons (Fsp3) is 0.549. The summed E-state index contributed by atoms with van der Waals surface area (Å²) in [6, 6.07) is 18.6. The second-order valence-electron chi connectivity index (χ2n) is 38.8. The lowest BCUT2D eigenvalue weighted by Gasteiger charge is -2.33. The number of cyclic esters (lactones) is 4. The molecule has 0 unspecified atom stereocenters. The molecule has 34 nitrogen and oxygen atoms in total. The molecule has 0 saturated carbocycles. The van der Waals surface area contributed by atoms with Gasteiger partial charge in [-0.25, -0.2) is 59.0 Å². The molecule has 15 heterocycles. The van der Waals surface area contributed by atoms with Crippen molar-refractivity contribution in [2.24, 2.45) is 0 Å². The Bertz CT molecular complexity index is 4540. The van der Waals surface area contributed by atoms with E-state index in [9.17, 15) is 38.4 Å². The molecule has 0 fully saturated rings. The number of rotatable bonds is 16. The van der Waals surface area contributed by atoms with E-state index in [1.165, 1.54) is 5.56 Å². The molecule has 16 rings (SSSR count). The molecule has 8 aliphatic rings. The van der Waals surface area contributed by atoms with Gasteiger partial charge in [-0.3, -0.25) is 58.5 Å². The standard InChI is InChI=1S/C14H19NO2.4C13H18N2O2.3C12H17N3O2/c1-9(2)11-5-6-13-12(7-11)15(10(3)4)14(16)8-17-13;1-8(2)10-5-12-11(14-6-10)7-17-13(16)15(12)9(3)4;1-8(2)10-5-11-13(14-6-10)17-7-12(16)15(11)9(3)4;1-8(2)10-5-6-11-13(14-10)15(9(3)4)12(16)7-17-11;1-8(2)11-6-5-10-7-17-13(16)15(9(3)4)12(10)14-11;1-7(2)11-13-5-9-12(14-11)15(8(3)4)10(16)6-17-9;1-7(2)9-5-13-10-6-17-12(16)15(8(3)4)11(10)14-9;1-7(2)10-13-5-9-6-17-12(16)15(8(3)4)11(9)14-10/h5-7,9-10H,8H2,1-4H3;4*5-6,8-9H,7H2,1-4H3;3*5,7-8H,6H2,1-4H3. The van der Waals surface area contributed by atoms with Gasteiger partial charge >= 0.3 is 24.4 Å². The Morgan fingerprint density at radius 2 is 0.596 bits per heavy atom. The van der Waals surface area contributed by atoms with Gasteiger partial charge in [-0.05, 0) is 205 Å². The fourth-order valence-electron chi connectivity index (χ4n) is 15.1. The zero-order valence-electron chi connectivity index (χ0n) is 85.6. The summed E-state index contributed by atoms with van der Waals surface area (Å²) in [6.07, 6.45) is 7.57. The van der Waals surface area contributed by atoms with Crippen LogP contribution in [0.5, 0.6) is 23.1 Å².